The highest BCUT2D eigenvalue weighted by molar-refractivity contribution is 5.20. The molecule has 1 fully saturated rings. The molecule has 1 aromatic rings. The van der Waals surface area contributed by atoms with Crippen molar-refractivity contribution in [2.45, 2.75) is 43.6 Å². The molecule has 0 amide bonds. The van der Waals surface area contributed by atoms with Crippen LogP contribution in [0.2, 0.25) is 0 Å². The number of benzene rings is 1. The molecule has 16 heavy (non-hydrogen) atoms. The first-order chi connectivity index (χ1) is 7.73. The van der Waals surface area contributed by atoms with Crippen molar-refractivity contribution in [1.82, 2.24) is 0 Å². The van der Waals surface area contributed by atoms with E-state index in [0.29, 0.717) is 5.92 Å². The SMILES string of the molecule is C=CCC1(O)CCC(c2ccccc2)CC1. The lowest BCUT2D eigenvalue weighted by molar-refractivity contribution is 0.00202. The summed E-state index contributed by atoms with van der Waals surface area (Å²) >= 11 is 0. The van der Waals surface area contributed by atoms with Crippen LogP contribution in [0.3, 0.4) is 0 Å². The van der Waals surface area contributed by atoms with Gasteiger partial charge in [-0.05, 0) is 43.6 Å². The second-order valence-corrected chi connectivity index (χ2v) is 4.90. The Kier molecular flexibility index (Phi) is 3.45. The van der Waals surface area contributed by atoms with Crippen molar-refractivity contribution < 1.29 is 5.11 Å². The molecule has 0 bridgehead atoms. The van der Waals surface area contributed by atoms with Gasteiger partial charge in [-0.2, -0.15) is 0 Å². The van der Waals surface area contributed by atoms with Crippen LogP contribution in [0.4, 0.5) is 0 Å². The van der Waals surface area contributed by atoms with Crippen LogP contribution in [-0.4, -0.2) is 10.7 Å². The molecule has 0 radical (unpaired) electrons. The van der Waals surface area contributed by atoms with Gasteiger partial charge >= 0.3 is 0 Å². The molecule has 0 heterocycles. The van der Waals surface area contributed by atoms with Gasteiger partial charge in [0.1, 0.15) is 0 Å². The van der Waals surface area contributed by atoms with Crippen LogP contribution in [0.15, 0.2) is 43.0 Å². The summed E-state index contributed by atoms with van der Waals surface area (Å²) in [5, 5.41) is 10.3. The molecule has 1 N–H and O–H groups in total. The van der Waals surface area contributed by atoms with Gasteiger partial charge in [0.05, 0.1) is 5.60 Å². The monoisotopic (exact) mass is 216 g/mol. The number of rotatable bonds is 3. The van der Waals surface area contributed by atoms with Gasteiger partial charge in [-0.3, -0.25) is 0 Å². The van der Waals surface area contributed by atoms with Gasteiger partial charge in [0, 0.05) is 0 Å². The Hall–Kier alpha value is -1.08. The van der Waals surface area contributed by atoms with E-state index in [0.717, 1.165) is 32.1 Å². The lowest BCUT2D eigenvalue weighted by atomic mass is 9.75. The summed E-state index contributed by atoms with van der Waals surface area (Å²) in [6.07, 6.45) is 6.55. The van der Waals surface area contributed by atoms with Crippen molar-refractivity contribution >= 4 is 0 Å². The third-order valence-electron chi connectivity index (χ3n) is 3.71. The summed E-state index contributed by atoms with van der Waals surface area (Å²) < 4.78 is 0. The van der Waals surface area contributed by atoms with E-state index in [1.165, 1.54) is 5.56 Å². The maximum atomic E-state index is 10.3. The van der Waals surface area contributed by atoms with Gasteiger partial charge in [-0.25, -0.2) is 0 Å². The summed E-state index contributed by atoms with van der Waals surface area (Å²) in [6, 6.07) is 10.6. The smallest absolute Gasteiger partial charge is 0.0682 e. The fourth-order valence-electron chi connectivity index (χ4n) is 2.69. The van der Waals surface area contributed by atoms with Crippen LogP contribution >= 0.6 is 0 Å². The highest BCUT2D eigenvalue weighted by atomic mass is 16.3. The Balaban J connectivity index is 1.98. The van der Waals surface area contributed by atoms with E-state index in [1.807, 2.05) is 6.08 Å². The largest absolute Gasteiger partial charge is 0.390 e. The molecule has 86 valence electrons. The molecule has 0 spiro atoms. The average molecular weight is 216 g/mol. The molecule has 0 atom stereocenters. The Labute approximate surface area is 97.8 Å². The molecule has 0 aliphatic heterocycles. The average Bonchev–Trinajstić information content (AvgIpc) is 2.31. The Morgan fingerprint density at radius 1 is 1.25 bits per heavy atom. The third-order valence-corrected chi connectivity index (χ3v) is 3.71. The quantitative estimate of drug-likeness (QED) is 0.765. The molecular weight excluding hydrogens is 196 g/mol. The van der Waals surface area contributed by atoms with E-state index in [1.54, 1.807) is 0 Å². The Morgan fingerprint density at radius 2 is 1.88 bits per heavy atom. The first kappa shape index (κ1) is 11.4. The second kappa shape index (κ2) is 4.84. The van der Waals surface area contributed by atoms with Crippen LogP contribution in [-0.2, 0) is 0 Å². The predicted octanol–water partition coefficient (Wildman–Crippen LogP) is 3.65. The van der Waals surface area contributed by atoms with Crippen molar-refractivity contribution in [2.24, 2.45) is 0 Å². The van der Waals surface area contributed by atoms with Gasteiger partial charge in [0.15, 0.2) is 0 Å². The highest BCUT2D eigenvalue weighted by Gasteiger charge is 2.32. The first-order valence-electron chi connectivity index (χ1n) is 6.12. The van der Waals surface area contributed by atoms with E-state index < -0.39 is 5.60 Å². The molecular formula is C15H20O. The van der Waals surface area contributed by atoms with Crippen molar-refractivity contribution in [3.63, 3.8) is 0 Å². The normalized spacial score (nSPS) is 29.9. The summed E-state index contributed by atoms with van der Waals surface area (Å²) in [7, 11) is 0. The van der Waals surface area contributed by atoms with E-state index in [4.69, 9.17) is 0 Å². The van der Waals surface area contributed by atoms with Gasteiger partial charge in [0.2, 0.25) is 0 Å². The standard InChI is InChI=1S/C15H20O/c1-2-10-15(16)11-8-14(9-12-15)13-6-4-3-5-7-13/h2-7,14,16H,1,8-12H2. The van der Waals surface area contributed by atoms with Gasteiger partial charge in [-0.1, -0.05) is 36.4 Å². The predicted molar refractivity (Wildman–Crippen MR) is 67.4 cm³/mol. The highest BCUT2D eigenvalue weighted by Crippen LogP contribution is 2.39. The fourth-order valence-corrected chi connectivity index (χ4v) is 2.69. The van der Waals surface area contributed by atoms with E-state index in [9.17, 15) is 5.11 Å². The number of hydrogen-bond donors (Lipinski definition) is 1. The molecule has 1 aliphatic carbocycles. The van der Waals surface area contributed by atoms with Crippen molar-refractivity contribution in [3.05, 3.63) is 48.6 Å². The van der Waals surface area contributed by atoms with Crippen LogP contribution in [0.5, 0.6) is 0 Å². The van der Waals surface area contributed by atoms with Crippen LogP contribution < -0.4 is 0 Å². The molecule has 0 aromatic heterocycles. The maximum Gasteiger partial charge on any atom is 0.0682 e. The van der Waals surface area contributed by atoms with Crippen molar-refractivity contribution in [1.29, 1.82) is 0 Å². The minimum absolute atomic E-state index is 0.479. The van der Waals surface area contributed by atoms with Gasteiger partial charge in [-0.15, -0.1) is 6.58 Å². The molecule has 0 unspecified atom stereocenters. The van der Waals surface area contributed by atoms with Crippen LogP contribution in [0, 0.1) is 0 Å². The van der Waals surface area contributed by atoms with E-state index in [-0.39, 0.29) is 0 Å². The zero-order valence-electron chi connectivity index (χ0n) is 9.73. The molecule has 1 saturated carbocycles. The van der Waals surface area contributed by atoms with Gasteiger partial charge in [0.25, 0.3) is 0 Å². The topological polar surface area (TPSA) is 20.2 Å². The summed E-state index contributed by atoms with van der Waals surface area (Å²) in [5.74, 6) is 0.631. The summed E-state index contributed by atoms with van der Waals surface area (Å²) in [6.45, 7) is 3.72. The molecule has 1 heteroatoms. The number of hydrogen-bond acceptors (Lipinski definition) is 1. The van der Waals surface area contributed by atoms with Crippen molar-refractivity contribution in [2.75, 3.05) is 0 Å². The van der Waals surface area contributed by atoms with E-state index >= 15 is 0 Å². The molecule has 2 rings (SSSR count). The summed E-state index contributed by atoms with van der Waals surface area (Å²) in [4.78, 5) is 0. The molecule has 1 nitrogen and oxygen atoms in total. The summed E-state index contributed by atoms with van der Waals surface area (Å²) in [5.41, 5.74) is 0.940. The lowest BCUT2D eigenvalue weighted by Gasteiger charge is -2.35. The Bertz CT molecular complexity index is 334. The molecule has 1 aliphatic rings. The minimum atomic E-state index is -0.479. The second-order valence-electron chi connectivity index (χ2n) is 4.90. The van der Waals surface area contributed by atoms with Crippen molar-refractivity contribution in [3.8, 4) is 0 Å². The van der Waals surface area contributed by atoms with Gasteiger partial charge < -0.3 is 5.11 Å². The maximum absolute atomic E-state index is 10.3. The first-order valence-corrected chi connectivity index (χ1v) is 6.12. The van der Waals surface area contributed by atoms with E-state index in [2.05, 4.69) is 36.9 Å². The van der Waals surface area contributed by atoms with Crippen LogP contribution in [0.1, 0.15) is 43.6 Å². The van der Waals surface area contributed by atoms with Crippen LogP contribution in [0.25, 0.3) is 0 Å². The molecule has 1 aromatic carbocycles. The fraction of sp³-hybridized carbons (Fsp3) is 0.467. The third kappa shape index (κ3) is 2.53. The lowest BCUT2D eigenvalue weighted by Crippen LogP contribution is -2.32. The minimum Gasteiger partial charge on any atom is -0.390 e. The molecule has 0 saturated heterocycles. The zero-order chi connectivity index (χ0) is 11.4. The zero-order valence-corrected chi connectivity index (χ0v) is 9.73. The Morgan fingerprint density at radius 3 is 2.44 bits per heavy atom. The number of aliphatic hydroxyl groups is 1.